The zero-order valence-corrected chi connectivity index (χ0v) is 24.2. The minimum Gasteiger partial charge on any atom is -0.483 e. The predicted octanol–water partition coefficient (Wildman–Crippen LogP) is 5.07. The molecule has 1 aromatic heterocycles. The number of rotatable bonds is 11. The quantitative estimate of drug-likeness (QED) is 0.229. The number of aromatic nitrogens is 3. The molecule has 0 aliphatic heterocycles. The van der Waals surface area contributed by atoms with Gasteiger partial charge in [-0.2, -0.15) is 0 Å². The lowest BCUT2D eigenvalue weighted by Crippen LogP contribution is -2.29. The summed E-state index contributed by atoms with van der Waals surface area (Å²) < 4.78 is 8.83. The average molecular weight is 622 g/mol. The fourth-order valence-electron chi connectivity index (χ4n) is 3.57. The highest BCUT2D eigenvalue weighted by Gasteiger charge is 2.15. The van der Waals surface area contributed by atoms with Crippen LogP contribution in [0.4, 0.5) is 5.69 Å². The Kier molecular flexibility index (Phi) is 10.2. The number of thioether (sulfide) groups is 1. The van der Waals surface area contributed by atoms with Gasteiger partial charge in [-0.25, -0.2) is 0 Å². The van der Waals surface area contributed by atoms with Crippen LogP contribution < -0.4 is 15.4 Å². The molecular formula is C26H32IN5O3S. The summed E-state index contributed by atoms with van der Waals surface area (Å²) in [5.41, 5.74) is 3.97. The molecule has 0 radical (unpaired) electrons. The molecule has 0 saturated heterocycles. The fraction of sp³-hybridized carbons (Fsp3) is 0.385. The number of nitrogens with one attached hydrogen (secondary N) is 2. The van der Waals surface area contributed by atoms with Gasteiger partial charge in [0.15, 0.2) is 17.6 Å². The number of hydrogen-bond donors (Lipinski definition) is 2. The molecule has 0 saturated carbocycles. The smallest absolute Gasteiger partial charge is 0.258 e. The number of aryl methyl sites for hydroxylation is 2. The van der Waals surface area contributed by atoms with Gasteiger partial charge in [0.2, 0.25) is 5.91 Å². The molecular weight excluding hydrogens is 589 g/mol. The Morgan fingerprint density at radius 2 is 1.89 bits per heavy atom. The van der Waals surface area contributed by atoms with E-state index in [9.17, 15) is 9.59 Å². The number of carbonyl (C=O) groups excluding carboxylic acids is 2. The molecule has 2 N–H and O–H groups in total. The molecule has 192 valence electrons. The minimum atomic E-state index is -0.238. The van der Waals surface area contributed by atoms with Crippen molar-refractivity contribution in [1.82, 2.24) is 20.1 Å². The monoisotopic (exact) mass is 621 g/mol. The number of benzene rings is 2. The number of anilines is 1. The molecule has 10 heteroatoms. The van der Waals surface area contributed by atoms with E-state index >= 15 is 0 Å². The minimum absolute atomic E-state index is 0.0802. The van der Waals surface area contributed by atoms with Crippen molar-refractivity contribution < 1.29 is 14.3 Å². The standard InChI is InChI=1S/C26H32IN5O3S/c1-6-32-23(13-28-24(33)14-35-22-11-17(4)7-9-20(22)16(2)3)30-31-26(32)36-15-25(34)29-21-10-8-19(27)12-18(21)5/h7-12,16H,6,13-15H2,1-5H3,(H,28,33)(H,29,34). The van der Waals surface area contributed by atoms with Crippen LogP contribution in [-0.4, -0.2) is 38.9 Å². The number of ether oxygens (including phenoxy) is 1. The first-order valence-corrected chi connectivity index (χ1v) is 13.8. The third kappa shape index (κ3) is 7.70. The topological polar surface area (TPSA) is 98.1 Å². The molecule has 0 aliphatic rings. The van der Waals surface area contributed by atoms with Crippen molar-refractivity contribution in [1.29, 1.82) is 0 Å². The number of amides is 2. The Bertz CT molecular complexity index is 1230. The largest absolute Gasteiger partial charge is 0.483 e. The summed E-state index contributed by atoms with van der Waals surface area (Å²) in [7, 11) is 0. The van der Waals surface area contributed by atoms with Gasteiger partial charge in [0, 0.05) is 15.8 Å². The van der Waals surface area contributed by atoms with Gasteiger partial charge in [0.1, 0.15) is 5.75 Å². The molecule has 1 heterocycles. The summed E-state index contributed by atoms with van der Waals surface area (Å²) in [6.07, 6.45) is 0. The Balaban J connectivity index is 1.52. The van der Waals surface area contributed by atoms with Crippen LogP contribution in [-0.2, 0) is 22.7 Å². The molecule has 0 fully saturated rings. The molecule has 3 rings (SSSR count). The van der Waals surface area contributed by atoms with Crippen LogP contribution in [0, 0.1) is 17.4 Å². The molecule has 8 nitrogen and oxygen atoms in total. The molecule has 0 bridgehead atoms. The van der Waals surface area contributed by atoms with Crippen molar-refractivity contribution in [2.24, 2.45) is 0 Å². The van der Waals surface area contributed by atoms with Gasteiger partial charge < -0.3 is 19.9 Å². The van der Waals surface area contributed by atoms with Crippen LogP contribution in [0.1, 0.15) is 49.2 Å². The van der Waals surface area contributed by atoms with Gasteiger partial charge in [0.05, 0.1) is 12.3 Å². The van der Waals surface area contributed by atoms with Crippen LogP contribution >= 0.6 is 34.4 Å². The Labute approximate surface area is 230 Å². The molecule has 2 aromatic carbocycles. The van der Waals surface area contributed by atoms with E-state index in [0.29, 0.717) is 23.4 Å². The molecule has 0 spiro atoms. The Morgan fingerprint density at radius 3 is 2.58 bits per heavy atom. The lowest BCUT2D eigenvalue weighted by atomic mass is 10.0. The maximum absolute atomic E-state index is 12.5. The zero-order chi connectivity index (χ0) is 26.2. The van der Waals surface area contributed by atoms with Gasteiger partial charge in [-0.3, -0.25) is 9.59 Å². The highest BCUT2D eigenvalue weighted by Crippen LogP contribution is 2.27. The average Bonchev–Trinajstić information content (AvgIpc) is 3.23. The number of nitrogens with zero attached hydrogens (tertiary/aromatic N) is 3. The van der Waals surface area contributed by atoms with Crippen molar-refractivity contribution in [2.75, 3.05) is 17.7 Å². The van der Waals surface area contributed by atoms with Gasteiger partial charge in [0.25, 0.3) is 5.91 Å². The van der Waals surface area contributed by atoms with Crippen molar-refractivity contribution >= 4 is 51.9 Å². The highest BCUT2D eigenvalue weighted by molar-refractivity contribution is 14.1. The maximum atomic E-state index is 12.5. The maximum Gasteiger partial charge on any atom is 0.258 e. The van der Waals surface area contributed by atoms with Gasteiger partial charge in [-0.05, 0) is 90.2 Å². The normalized spacial score (nSPS) is 11.0. The summed E-state index contributed by atoms with van der Waals surface area (Å²) in [5.74, 6) is 1.51. The second-order valence-electron chi connectivity index (χ2n) is 8.70. The lowest BCUT2D eigenvalue weighted by Gasteiger charge is -2.15. The summed E-state index contributed by atoms with van der Waals surface area (Å²) >= 11 is 3.56. The second-order valence-corrected chi connectivity index (χ2v) is 10.9. The molecule has 3 aromatic rings. The SMILES string of the molecule is CCn1c(CNC(=O)COc2cc(C)ccc2C(C)C)nnc1SCC(=O)Nc1ccc(I)cc1C. The molecule has 36 heavy (non-hydrogen) atoms. The van der Waals surface area contributed by atoms with Crippen LogP contribution in [0.15, 0.2) is 41.6 Å². The van der Waals surface area contributed by atoms with E-state index in [0.717, 1.165) is 31.7 Å². The molecule has 0 unspecified atom stereocenters. The highest BCUT2D eigenvalue weighted by atomic mass is 127. The van der Waals surface area contributed by atoms with Gasteiger partial charge >= 0.3 is 0 Å². The first-order valence-electron chi connectivity index (χ1n) is 11.8. The molecule has 2 amide bonds. The van der Waals surface area contributed by atoms with E-state index in [1.165, 1.54) is 11.8 Å². The summed E-state index contributed by atoms with van der Waals surface area (Å²) in [6.45, 7) is 10.9. The van der Waals surface area contributed by atoms with Crippen molar-refractivity contribution in [2.45, 2.75) is 58.8 Å². The van der Waals surface area contributed by atoms with E-state index in [1.807, 2.05) is 61.7 Å². The fourth-order valence-corrected chi connectivity index (χ4v) is 5.04. The second kappa shape index (κ2) is 13.1. The van der Waals surface area contributed by atoms with Crippen LogP contribution in [0.5, 0.6) is 5.75 Å². The first kappa shape index (κ1) is 28.0. The Hall–Kier alpha value is -2.60. The van der Waals surface area contributed by atoms with Crippen LogP contribution in [0.3, 0.4) is 0 Å². The van der Waals surface area contributed by atoms with E-state index in [2.05, 4.69) is 57.3 Å². The summed E-state index contributed by atoms with van der Waals surface area (Å²) in [5, 5.41) is 14.9. The Morgan fingerprint density at radius 1 is 1.11 bits per heavy atom. The van der Waals surface area contributed by atoms with E-state index in [-0.39, 0.29) is 30.7 Å². The van der Waals surface area contributed by atoms with Crippen LogP contribution in [0.25, 0.3) is 0 Å². The third-order valence-corrected chi connectivity index (χ3v) is 7.14. The lowest BCUT2D eigenvalue weighted by molar-refractivity contribution is -0.123. The van der Waals surface area contributed by atoms with Gasteiger partial charge in [-0.15, -0.1) is 10.2 Å². The molecule has 0 aliphatic carbocycles. The number of carbonyl (C=O) groups is 2. The summed E-state index contributed by atoms with van der Waals surface area (Å²) in [4.78, 5) is 24.9. The van der Waals surface area contributed by atoms with Crippen molar-refractivity contribution in [3.05, 3.63) is 62.5 Å². The third-order valence-electron chi connectivity index (χ3n) is 5.50. The number of hydrogen-bond acceptors (Lipinski definition) is 6. The zero-order valence-electron chi connectivity index (χ0n) is 21.2. The molecule has 0 atom stereocenters. The van der Waals surface area contributed by atoms with Crippen LogP contribution in [0.2, 0.25) is 0 Å². The van der Waals surface area contributed by atoms with E-state index in [1.54, 1.807) is 0 Å². The first-order chi connectivity index (χ1) is 17.2. The predicted molar refractivity (Wildman–Crippen MR) is 152 cm³/mol. The number of halogens is 1. The summed E-state index contributed by atoms with van der Waals surface area (Å²) in [6, 6.07) is 11.9. The van der Waals surface area contributed by atoms with E-state index in [4.69, 9.17) is 4.74 Å². The van der Waals surface area contributed by atoms with Crippen molar-refractivity contribution in [3.63, 3.8) is 0 Å². The van der Waals surface area contributed by atoms with Gasteiger partial charge in [-0.1, -0.05) is 37.7 Å². The van der Waals surface area contributed by atoms with E-state index < -0.39 is 0 Å². The van der Waals surface area contributed by atoms with Crippen molar-refractivity contribution in [3.8, 4) is 5.75 Å².